The highest BCUT2D eigenvalue weighted by molar-refractivity contribution is 7.44. The molecule has 27 heavy (non-hydrogen) atoms. The molecule has 0 amide bonds. The van der Waals surface area contributed by atoms with Crippen molar-refractivity contribution in [1.82, 2.24) is 0 Å². The maximum atomic E-state index is 11.2. The van der Waals surface area contributed by atoms with Gasteiger partial charge in [0.15, 0.2) is 0 Å². The molecule has 2 nitrogen and oxygen atoms in total. The number of carboxylic acid groups (broad SMARTS) is 1. The van der Waals surface area contributed by atoms with Gasteiger partial charge < -0.3 is 5.11 Å². The minimum atomic E-state index is -0.815. The number of thiophene rings is 4. The van der Waals surface area contributed by atoms with Gasteiger partial charge in [0.1, 0.15) is 4.88 Å². The third kappa shape index (κ3) is 3.95. The number of rotatable bonds is 10. The van der Waals surface area contributed by atoms with E-state index in [1.54, 1.807) is 11.3 Å². The summed E-state index contributed by atoms with van der Waals surface area (Å²) in [6.07, 6.45) is 12.0. The lowest BCUT2D eigenvalue weighted by Crippen LogP contribution is -1.89. The Morgan fingerprint density at radius 3 is 2.30 bits per heavy atom. The number of carboxylic acids is 1. The van der Waals surface area contributed by atoms with E-state index in [9.17, 15) is 9.90 Å². The summed E-state index contributed by atoms with van der Waals surface area (Å²) in [6, 6.07) is 1.83. The van der Waals surface area contributed by atoms with Gasteiger partial charge in [-0.1, -0.05) is 51.9 Å². The predicted molar refractivity (Wildman–Crippen MR) is 124 cm³/mol. The summed E-state index contributed by atoms with van der Waals surface area (Å²) < 4.78 is 7.80. The van der Waals surface area contributed by atoms with Crippen molar-refractivity contribution in [2.24, 2.45) is 0 Å². The van der Waals surface area contributed by atoms with E-state index >= 15 is 0 Å². The molecule has 0 saturated heterocycles. The average Bonchev–Trinajstić information content (AvgIpc) is 3.36. The molecule has 0 aliphatic carbocycles. The van der Waals surface area contributed by atoms with E-state index in [0.29, 0.717) is 4.88 Å². The minimum Gasteiger partial charge on any atom is -0.477 e. The fourth-order valence-corrected chi connectivity index (χ4v) is 9.14. The number of hydrogen-bond acceptors (Lipinski definition) is 5. The van der Waals surface area contributed by atoms with Crippen LogP contribution in [0.5, 0.6) is 0 Å². The lowest BCUT2D eigenvalue weighted by Gasteiger charge is -2.01. The van der Waals surface area contributed by atoms with Crippen LogP contribution in [0.25, 0.3) is 28.2 Å². The number of aryl methyl sites for hydroxylation is 1. The number of unbranched alkanes of at least 4 members (excludes halogenated alkanes) is 7. The molecule has 0 atom stereocenters. The Morgan fingerprint density at radius 2 is 1.56 bits per heavy atom. The van der Waals surface area contributed by atoms with Crippen molar-refractivity contribution in [2.75, 3.05) is 0 Å². The van der Waals surface area contributed by atoms with Crippen LogP contribution in [0.2, 0.25) is 0 Å². The standard InChI is InChI=1S/C21H24O2S4/c1-2-3-4-5-6-7-8-9-10-13-12-24-18-16(13)27-19-17-14(25-20(18)19)11-15(26-17)21(22)23/h11-12H,2-10H2,1H3,(H,22,23). The monoisotopic (exact) mass is 436 g/mol. The third-order valence-corrected chi connectivity index (χ3v) is 10.3. The van der Waals surface area contributed by atoms with E-state index in [0.717, 1.165) is 4.70 Å². The molecule has 4 aromatic heterocycles. The molecule has 0 spiro atoms. The van der Waals surface area contributed by atoms with Crippen LogP contribution in [0.15, 0.2) is 11.4 Å². The van der Waals surface area contributed by atoms with Gasteiger partial charge in [0, 0.05) is 4.70 Å². The molecule has 0 unspecified atom stereocenters. The zero-order valence-electron chi connectivity index (χ0n) is 15.5. The maximum Gasteiger partial charge on any atom is 0.345 e. The number of aromatic carboxylic acids is 1. The molecule has 0 fully saturated rings. The molecule has 0 bridgehead atoms. The Labute approximate surface area is 175 Å². The average molecular weight is 437 g/mol. The van der Waals surface area contributed by atoms with E-state index < -0.39 is 5.97 Å². The first-order chi connectivity index (χ1) is 13.2. The normalized spacial score (nSPS) is 12.0. The third-order valence-electron chi connectivity index (χ3n) is 5.06. The van der Waals surface area contributed by atoms with Crippen LogP contribution in [-0.4, -0.2) is 11.1 Å². The van der Waals surface area contributed by atoms with Crippen molar-refractivity contribution in [3.05, 3.63) is 21.9 Å². The molecule has 0 aromatic carbocycles. The molecular formula is C21H24O2S4. The van der Waals surface area contributed by atoms with Crippen LogP contribution in [0.1, 0.15) is 73.5 Å². The van der Waals surface area contributed by atoms with E-state index in [1.807, 2.05) is 28.7 Å². The highest BCUT2D eigenvalue weighted by Gasteiger charge is 2.19. The molecule has 0 radical (unpaired) electrons. The largest absolute Gasteiger partial charge is 0.477 e. The minimum absolute atomic E-state index is 0.453. The van der Waals surface area contributed by atoms with Gasteiger partial charge >= 0.3 is 5.97 Å². The van der Waals surface area contributed by atoms with Gasteiger partial charge in [-0.15, -0.1) is 45.3 Å². The predicted octanol–water partition coefficient (Wildman–Crippen LogP) is 8.77. The molecular weight excluding hydrogens is 412 g/mol. The fourth-order valence-electron chi connectivity index (χ4n) is 3.59. The van der Waals surface area contributed by atoms with Gasteiger partial charge in [-0.05, 0) is 29.9 Å². The second-order valence-electron chi connectivity index (χ2n) is 7.12. The molecule has 1 N–H and O–H groups in total. The molecule has 0 aliphatic rings. The van der Waals surface area contributed by atoms with Crippen LogP contribution in [0, 0.1) is 0 Å². The molecule has 6 heteroatoms. The van der Waals surface area contributed by atoms with Crippen molar-refractivity contribution in [1.29, 1.82) is 0 Å². The summed E-state index contributed by atoms with van der Waals surface area (Å²) in [6.45, 7) is 2.27. The summed E-state index contributed by atoms with van der Waals surface area (Å²) in [5.74, 6) is -0.815. The number of carbonyl (C=O) groups is 1. The topological polar surface area (TPSA) is 37.3 Å². The number of hydrogen-bond donors (Lipinski definition) is 1. The summed E-state index contributed by atoms with van der Waals surface area (Å²) in [5, 5.41) is 11.6. The molecule has 4 rings (SSSR count). The highest BCUT2D eigenvalue weighted by Crippen LogP contribution is 2.50. The van der Waals surface area contributed by atoms with Crippen LogP contribution in [-0.2, 0) is 6.42 Å². The maximum absolute atomic E-state index is 11.2. The molecule has 0 saturated carbocycles. The summed E-state index contributed by atoms with van der Waals surface area (Å²) in [4.78, 5) is 11.7. The Hall–Kier alpha value is -0.950. The quantitative estimate of drug-likeness (QED) is 0.252. The number of fused-ring (bicyclic) bond motifs is 5. The molecule has 4 heterocycles. The van der Waals surface area contributed by atoms with Crippen LogP contribution >= 0.6 is 45.3 Å². The lowest BCUT2D eigenvalue weighted by molar-refractivity contribution is 0.0702. The van der Waals surface area contributed by atoms with Gasteiger partial charge in [-0.25, -0.2) is 4.79 Å². The summed E-state index contributed by atoms with van der Waals surface area (Å²) >= 11 is 6.92. The molecule has 4 aromatic rings. The lowest BCUT2D eigenvalue weighted by atomic mass is 10.1. The second kappa shape index (κ2) is 8.60. The smallest absolute Gasteiger partial charge is 0.345 e. The first-order valence-electron chi connectivity index (χ1n) is 9.77. The van der Waals surface area contributed by atoms with E-state index in [-0.39, 0.29) is 0 Å². The van der Waals surface area contributed by atoms with Gasteiger partial charge in [-0.2, -0.15) is 0 Å². The van der Waals surface area contributed by atoms with Crippen LogP contribution in [0.4, 0.5) is 0 Å². The van der Waals surface area contributed by atoms with Gasteiger partial charge in [0.05, 0.1) is 23.5 Å². The van der Waals surface area contributed by atoms with Crippen molar-refractivity contribution >= 4 is 79.5 Å². The Morgan fingerprint density at radius 1 is 0.852 bits per heavy atom. The zero-order chi connectivity index (χ0) is 18.8. The van der Waals surface area contributed by atoms with Gasteiger partial charge in [0.25, 0.3) is 0 Å². The molecule has 144 valence electrons. The first-order valence-corrected chi connectivity index (χ1v) is 13.1. The van der Waals surface area contributed by atoms with Crippen molar-refractivity contribution in [3.8, 4) is 0 Å². The Balaban J connectivity index is 1.43. The SMILES string of the molecule is CCCCCCCCCCc1csc2c1sc1c3sc(C(=O)O)cc3sc21. The molecule has 0 aliphatic heterocycles. The first kappa shape index (κ1) is 19.4. The fraction of sp³-hybridized carbons (Fsp3) is 0.476. The van der Waals surface area contributed by atoms with Crippen LogP contribution < -0.4 is 0 Å². The van der Waals surface area contributed by atoms with Crippen molar-refractivity contribution < 1.29 is 9.90 Å². The zero-order valence-corrected chi connectivity index (χ0v) is 18.8. The van der Waals surface area contributed by atoms with Crippen molar-refractivity contribution in [2.45, 2.75) is 64.7 Å². The Kier molecular flexibility index (Phi) is 6.17. The van der Waals surface area contributed by atoms with E-state index in [2.05, 4.69) is 12.3 Å². The van der Waals surface area contributed by atoms with Gasteiger partial charge in [-0.3, -0.25) is 0 Å². The van der Waals surface area contributed by atoms with Gasteiger partial charge in [0.2, 0.25) is 0 Å². The van der Waals surface area contributed by atoms with E-state index in [4.69, 9.17) is 0 Å². The van der Waals surface area contributed by atoms with Crippen LogP contribution in [0.3, 0.4) is 0 Å². The van der Waals surface area contributed by atoms with Crippen molar-refractivity contribution in [3.63, 3.8) is 0 Å². The summed E-state index contributed by atoms with van der Waals surface area (Å²) in [5.41, 5.74) is 1.50. The summed E-state index contributed by atoms with van der Waals surface area (Å²) in [7, 11) is 0. The van der Waals surface area contributed by atoms with E-state index in [1.165, 1.54) is 98.2 Å². The second-order valence-corrected chi connectivity index (χ2v) is 11.1. The Bertz CT molecular complexity index is 1060. The highest BCUT2D eigenvalue weighted by atomic mass is 32.1.